The maximum absolute atomic E-state index is 2.75. The number of piperidine rings is 1. The summed E-state index contributed by atoms with van der Waals surface area (Å²) in [5.74, 6) is 0. The van der Waals surface area contributed by atoms with Gasteiger partial charge in [-0.1, -0.05) is 0 Å². The van der Waals surface area contributed by atoms with E-state index in [1.165, 1.54) is 65.0 Å². The van der Waals surface area contributed by atoms with E-state index in [4.69, 9.17) is 0 Å². The number of likely N-dealkylation sites (tertiary alicyclic amines) is 1. The van der Waals surface area contributed by atoms with E-state index in [1.54, 1.807) is 0 Å². The van der Waals surface area contributed by atoms with Gasteiger partial charge in [-0.3, -0.25) is 4.90 Å². The molecular formula is C14H27N3. The van der Waals surface area contributed by atoms with Crippen LogP contribution in [0.3, 0.4) is 0 Å². The Kier molecular flexibility index (Phi) is 3.18. The van der Waals surface area contributed by atoms with E-state index < -0.39 is 0 Å². The molecular weight excluding hydrogens is 210 g/mol. The van der Waals surface area contributed by atoms with Crippen molar-refractivity contribution in [2.75, 3.05) is 53.4 Å². The van der Waals surface area contributed by atoms with E-state index in [9.17, 15) is 0 Å². The Labute approximate surface area is 106 Å². The zero-order valence-electron chi connectivity index (χ0n) is 11.5. The van der Waals surface area contributed by atoms with Gasteiger partial charge < -0.3 is 9.80 Å². The molecule has 3 nitrogen and oxygen atoms in total. The van der Waals surface area contributed by atoms with Gasteiger partial charge in [-0.05, 0) is 58.3 Å². The third-order valence-electron chi connectivity index (χ3n) is 5.44. The Bertz CT molecular complexity index is 255. The normalized spacial score (nSPS) is 32.8. The Balaban J connectivity index is 1.48. The van der Waals surface area contributed by atoms with Gasteiger partial charge in [0.2, 0.25) is 0 Å². The summed E-state index contributed by atoms with van der Waals surface area (Å²) in [6.07, 6.45) is 5.89. The molecule has 1 spiro atoms. The third-order valence-corrected chi connectivity index (χ3v) is 5.44. The standard InChI is InChI=1S/C14H27N3/c1-15-5-3-14(4-6-15)11-13(12-14)17-9-7-16(2)8-10-17/h13H,3-12H2,1-2H3. The molecule has 2 aliphatic heterocycles. The van der Waals surface area contributed by atoms with Gasteiger partial charge in [0.25, 0.3) is 0 Å². The van der Waals surface area contributed by atoms with Crippen LogP contribution in [0.2, 0.25) is 0 Å². The first-order valence-corrected chi connectivity index (χ1v) is 7.28. The maximum Gasteiger partial charge on any atom is 0.0113 e. The molecule has 1 saturated carbocycles. The number of rotatable bonds is 1. The second-order valence-electron chi connectivity index (χ2n) is 6.70. The zero-order valence-corrected chi connectivity index (χ0v) is 11.5. The van der Waals surface area contributed by atoms with Crippen LogP contribution in [-0.4, -0.2) is 74.1 Å². The number of nitrogens with zero attached hydrogens (tertiary/aromatic N) is 3. The van der Waals surface area contributed by atoms with Gasteiger partial charge in [0.1, 0.15) is 0 Å². The lowest BCUT2D eigenvalue weighted by Gasteiger charge is -2.56. The molecule has 3 fully saturated rings. The van der Waals surface area contributed by atoms with E-state index in [1.807, 2.05) is 0 Å². The molecule has 3 aliphatic rings. The summed E-state index contributed by atoms with van der Waals surface area (Å²) in [7, 11) is 4.51. The lowest BCUT2D eigenvalue weighted by atomic mass is 9.60. The third kappa shape index (κ3) is 2.38. The average Bonchev–Trinajstić information content (AvgIpc) is 2.29. The van der Waals surface area contributed by atoms with Gasteiger partial charge >= 0.3 is 0 Å². The fourth-order valence-corrected chi connectivity index (χ4v) is 3.89. The van der Waals surface area contributed by atoms with Gasteiger partial charge in [-0.25, -0.2) is 0 Å². The van der Waals surface area contributed by atoms with Crippen molar-refractivity contribution in [3.8, 4) is 0 Å². The van der Waals surface area contributed by atoms with Crippen molar-refractivity contribution in [2.45, 2.75) is 31.7 Å². The van der Waals surface area contributed by atoms with Crippen molar-refractivity contribution in [2.24, 2.45) is 5.41 Å². The van der Waals surface area contributed by atoms with Crippen LogP contribution in [-0.2, 0) is 0 Å². The molecule has 0 unspecified atom stereocenters. The second kappa shape index (κ2) is 4.52. The van der Waals surface area contributed by atoms with Gasteiger partial charge in [-0.15, -0.1) is 0 Å². The molecule has 0 aromatic rings. The highest BCUT2D eigenvalue weighted by atomic mass is 15.3. The number of likely N-dealkylation sites (N-methyl/N-ethyl adjacent to an activating group) is 1. The molecule has 0 radical (unpaired) electrons. The molecule has 3 heteroatoms. The molecule has 3 rings (SSSR count). The predicted molar refractivity (Wildman–Crippen MR) is 71.3 cm³/mol. The number of hydrogen-bond acceptors (Lipinski definition) is 3. The van der Waals surface area contributed by atoms with Crippen LogP contribution in [0.1, 0.15) is 25.7 Å². The largest absolute Gasteiger partial charge is 0.306 e. The van der Waals surface area contributed by atoms with Crippen LogP contribution in [0.15, 0.2) is 0 Å². The van der Waals surface area contributed by atoms with Crippen LogP contribution in [0, 0.1) is 5.41 Å². The summed E-state index contributed by atoms with van der Waals surface area (Å²) in [4.78, 5) is 7.71. The first-order chi connectivity index (χ1) is 8.17. The van der Waals surface area contributed by atoms with E-state index in [2.05, 4.69) is 28.8 Å². The molecule has 0 amide bonds. The van der Waals surface area contributed by atoms with Crippen LogP contribution >= 0.6 is 0 Å². The van der Waals surface area contributed by atoms with Crippen LogP contribution in [0.5, 0.6) is 0 Å². The zero-order chi connectivity index (χ0) is 11.9. The van der Waals surface area contributed by atoms with Crippen molar-refractivity contribution in [3.05, 3.63) is 0 Å². The van der Waals surface area contributed by atoms with Crippen LogP contribution < -0.4 is 0 Å². The quantitative estimate of drug-likeness (QED) is 0.676. The van der Waals surface area contributed by atoms with E-state index in [0.29, 0.717) is 0 Å². The van der Waals surface area contributed by atoms with Crippen LogP contribution in [0.25, 0.3) is 0 Å². The van der Waals surface area contributed by atoms with Crippen molar-refractivity contribution in [1.82, 2.24) is 14.7 Å². The SMILES string of the molecule is CN1CCN(C2CC3(CCN(C)CC3)C2)CC1. The maximum atomic E-state index is 2.75. The number of hydrogen-bond donors (Lipinski definition) is 0. The molecule has 2 saturated heterocycles. The van der Waals surface area contributed by atoms with Crippen LogP contribution in [0.4, 0.5) is 0 Å². The first kappa shape index (κ1) is 11.9. The highest BCUT2D eigenvalue weighted by Gasteiger charge is 2.47. The first-order valence-electron chi connectivity index (χ1n) is 7.28. The van der Waals surface area contributed by atoms with Gasteiger partial charge in [0.05, 0.1) is 0 Å². The smallest absolute Gasteiger partial charge is 0.0113 e. The lowest BCUT2D eigenvalue weighted by molar-refractivity contribution is -0.0502. The Morgan fingerprint density at radius 3 is 1.88 bits per heavy atom. The minimum Gasteiger partial charge on any atom is -0.306 e. The van der Waals surface area contributed by atoms with Gasteiger partial charge in [0, 0.05) is 32.2 Å². The van der Waals surface area contributed by atoms with Crippen molar-refractivity contribution >= 4 is 0 Å². The van der Waals surface area contributed by atoms with Crippen molar-refractivity contribution in [3.63, 3.8) is 0 Å². The predicted octanol–water partition coefficient (Wildman–Crippen LogP) is 1.11. The molecule has 0 N–H and O–H groups in total. The average molecular weight is 237 g/mol. The minimum absolute atomic E-state index is 0.751. The molecule has 17 heavy (non-hydrogen) atoms. The second-order valence-corrected chi connectivity index (χ2v) is 6.70. The monoisotopic (exact) mass is 237 g/mol. The molecule has 0 aromatic carbocycles. The summed E-state index contributed by atoms with van der Waals surface area (Å²) >= 11 is 0. The molecule has 0 aromatic heterocycles. The molecule has 2 heterocycles. The van der Waals surface area contributed by atoms with Crippen molar-refractivity contribution in [1.29, 1.82) is 0 Å². The lowest BCUT2D eigenvalue weighted by Crippen LogP contribution is -2.58. The van der Waals surface area contributed by atoms with Gasteiger partial charge in [-0.2, -0.15) is 0 Å². The summed E-state index contributed by atoms with van der Waals surface area (Å²) in [6.45, 7) is 7.80. The summed E-state index contributed by atoms with van der Waals surface area (Å²) < 4.78 is 0. The molecule has 98 valence electrons. The Morgan fingerprint density at radius 2 is 1.29 bits per heavy atom. The molecule has 0 bridgehead atoms. The van der Waals surface area contributed by atoms with Gasteiger partial charge in [0.15, 0.2) is 0 Å². The Morgan fingerprint density at radius 1 is 0.765 bits per heavy atom. The topological polar surface area (TPSA) is 9.72 Å². The molecule has 0 atom stereocenters. The van der Waals surface area contributed by atoms with Crippen molar-refractivity contribution < 1.29 is 0 Å². The fraction of sp³-hybridized carbons (Fsp3) is 1.00. The minimum atomic E-state index is 0.751. The van der Waals surface area contributed by atoms with E-state index in [-0.39, 0.29) is 0 Å². The van der Waals surface area contributed by atoms with E-state index >= 15 is 0 Å². The fourth-order valence-electron chi connectivity index (χ4n) is 3.89. The number of piperazine rings is 1. The van der Waals surface area contributed by atoms with E-state index in [0.717, 1.165) is 11.5 Å². The Hall–Kier alpha value is -0.120. The molecule has 1 aliphatic carbocycles. The highest BCUT2D eigenvalue weighted by Crippen LogP contribution is 2.50. The summed E-state index contributed by atoms with van der Waals surface area (Å²) in [5.41, 5.74) is 0.751. The highest BCUT2D eigenvalue weighted by molar-refractivity contribution is 5.01. The summed E-state index contributed by atoms with van der Waals surface area (Å²) in [5, 5.41) is 0. The summed E-state index contributed by atoms with van der Waals surface area (Å²) in [6, 6.07) is 0.923.